The van der Waals surface area contributed by atoms with E-state index < -0.39 is 0 Å². The third-order valence-electron chi connectivity index (χ3n) is 2.36. The molecule has 90 valence electrons. The van der Waals surface area contributed by atoms with Gasteiger partial charge in [-0.2, -0.15) is 0 Å². The van der Waals surface area contributed by atoms with E-state index in [4.69, 9.17) is 5.73 Å². The minimum atomic E-state index is -0.363. The Labute approximate surface area is 98.4 Å². The van der Waals surface area contributed by atoms with E-state index in [0.29, 0.717) is 17.1 Å². The lowest BCUT2D eigenvalue weighted by atomic mass is 10.1. The van der Waals surface area contributed by atoms with E-state index in [1.54, 1.807) is 4.68 Å². The average molecular weight is 235 g/mol. The molecule has 2 N–H and O–H groups in total. The highest BCUT2D eigenvalue weighted by molar-refractivity contribution is 5.71. The van der Waals surface area contributed by atoms with Gasteiger partial charge in [0.1, 0.15) is 5.82 Å². The summed E-state index contributed by atoms with van der Waals surface area (Å²) in [6.45, 7) is 5.88. The quantitative estimate of drug-likeness (QED) is 0.765. The third kappa shape index (κ3) is 2.11. The van der Waals surface area contributed by atoms with Crippen LogP contribution in [0, 0.1) is 5.82 Å². The molecule has 0 aliphatic carbocycles. The normalized spacial score (nSPS) is 11.8. The van der Waals surface area contributed by atoms with Gasteiger partial charge in [0, 0.05) is 11.3 Å². The number of hydrogen-bond donors (Lipinski definition) is 1. The Morgan fingerprint density at radius 2 is 2.00 bits per heavy atom. The average Bonchev–Trinajstić information content (AvgIpc) is 2.69. The number of benzene rings is 1. The van der Waals surface area contributed by atoms with Crippen LogP contribution in [0.4, 0.5) is 10.1 Å². The van der Waals surface area contributed by atoms with Crippen molar-refractivity contribution in [1.82, 2.24) is 20.2 Å². The fourth-order valence-corrected chi connectivity index (χ4v) is 1.53. The standard InChI is InChI=1S/C11H14FN5/c1-11(2,3)17-10(14-15-16-17)8-6-7(12)4-5-9(8)13/h4-6H,13H2,1-3H3. The van der Waals surface area contributed by atoms with Crippen LogP contribution in [-0.4, -0.2) is 20.2 Å². The van der Waals surface area contributed by atoms with Crippen LogP contribution in [0.2, 0.25) is 0 Å². The molecule has 2 aromatic rings. The SMILES string of the molecule is CC(C)(C)n1nnnc1-c1cc(F)ccc1N. The molecule has 0 atom stereocenters. The summed E-state index contributed by atoms with van der Waals surface area (Å²) in [6.07, 6.45) is 0. The molecule has 0 radical (unpaired) electrons. The van der Waals surface area contributed by atoms with Crippen molar-refractivity contribution in [1.29, 1.82) is 0 Å². The predicted molar refractivity (Wildman–Crippen MR) is 62.6 cm³/mol. The summed E-state index contributed by atoms with van der Waals surface area (Å²) in [5.41, 5.74) is 6.48. The summed E-state index contributed by atoms with van der Waals surface area (Å²) in [6, 6.07) is 4.15. The summed E-state index contributed by atoms with van der Waals surface area (Å²) in [7, 11) is 0. The molecule has 0 saturated carbocycles. The fourth-order valence-electron chi connectivity index (χ4n) is 1.53. The monoisotopic (exact) mass is 235 g/mol. The lowest BCUT2D eigenvalue weighted by molar-refractivity contribution is 0.351. The first-order valence-electron chi connectivity index (χ1n) is 5.24. The Morgan fingerprint density at radius 3 is 2.65 bits per heavy atom. The number of nitrogen functional groups attached to an aromatic ring is 1. The van der Waals surface area contributed by atoms with Gasteiger partial charge in [-0.25, -0.2) is 9.07 Å². The zero-order chi connectivity index (χ0) is 12.6. The molecule has 2 rings (SSSR count). The van der Waals surface area contributed by atoms with Crippen LogP contribution in [-0.2, 0) is 5.54 Å². The summed E-state index contributed by atoms with van der Waals surface area (Å²) < 4.78 is 14.9. The number of hydrogen-bond acceptors (Lipinski definition) is 4. The van der Waals surface area contributed by atoms with Gasteiger partial charge in [-0.1, -0.05) is 0 Å². The van der Waals surface area contributed by atoms with Crippen molar-refractivity contribution in [3.63, 3.8) is 0 Å². The zero-order valence-electron chi connectivity index (χ0n) is 9.98. The molecular weight excluding hydrogens is 221 g/mol. The number of anilines is 1. The van der Waals surface area contributed by atoms with Crippen molar-refractivity contribution in [3.05, 3.63) is 24.0 Å². The molecule has 0 aliphatic heterocycles. The Kier molecular flexibility index (Phi) is 2.57. The summed E-state index contributed by atoms with van der Waals surface area (Å²) in [5.74, 6) is 0.104. The van der Waals surface area contributed by atoms with Crippen LogP contribution >= 0.6 is 0 Å². The van der Waals surface area contributed by atoms with E-state index in [2.05, 4.69) is 15.5 Å². The van der Waals surface area contributed by atoms with Gasteiger partial charge >= 0.3 is 0 Å². The molecule has 0 fully saturated rings. The summed E-state index contributed by atoms with van der Waals surface area (Å²) >= 11 is 0. The van der Waals surface area contributed by atoms with E-state index in [0.717, 1.165) is 0 Å². The largest absolute Gasteiger partial charge is 0.398 e. The van der Waals surface area contributed by atoms with Gasteiger partial charge in [0.2, 0.25) is 0 Å². The first kappa shape index (κ1) is 11.5. The lowest BCUT2D eigenvalue weighted by Gasteiger charge is -2.20. The second kappa shape index (κ2) is 3.80. The number of aromatic nitrogens is 4. The van der Waals surface area contributed by atoms with Gasteiger partial charge in [-0.05, 0) is 49.4 Å². The van der Waals surface area contributed by atoms with Crippen molar-refractivity contribution in [3.8, 4) is 11.4 Å². The summed E-state index contributed by atoms with van der Waals surface area (Å²) in [4.78, 5) is 0. The third-order valence-corrected chi connectivity index (χ3v) is 2.36. The maximum Gasteiger partial charge on any atom is 0.184 e. The maximum absolute atomic E-state index is 13.2. The van der Waals surface area contributed by atoms with Crippen LogP contribution in [0.3, 0.4) is 0 Å². The molecule has 0 saturated heterocycles. The van der Waals surface area contributed by atoms with Gasteiger partial charge in [0.15, 0.2) is 5.82 Å². The van der Waals surface area contributed by atoms with Gasteiger partial charge in [-0.15, -0.1) is 5.10 Å². The van der Waals surface area contributed by atoms with Crippen molar-refractivity contribution in [2.75, 3.05) is 5.73 Å². The molecule has 0 aliphatic rings. The second-order valence-electron chi connectivity index (χ2n) is 4.82. The molecule has 1 heterocycles. The number of tetrazole rings is 1. The van der Waals surface area contributed by atoms with Crippen molar-refractivity contribution in [2.24, 2.45) is 0 Å². The van der Waals surface area contributed by atoms with E-state index in [-0.39, 0.29) is 11.4 Å². The Bertz CT molecular complexity index is 541. The van der Waals surface area contributed by atoms with Crippen LogP contribution in [0.5, 0.6) is 0 Å². The topological polar surface area (TPSA) is 69.6 Å². The molecule has 1 aromatic heterocycles. The molecule has 0 unspecified atom stereocenters. The van der Waals surface area contributed by atoms with E-state index in [9.17, 15) is 4.39 Å². The van der Waals surface area contributed by atoms with Crippen LogP contribution in [0.25, 0.3) is 11.4 Å². The minimum absolute atomic E-state index is 0.294. The number of nitrogens with two attached hydrogens (primary N) is 1. The van der Waals surface area contributed by atoms with Gasteiger partial charge < -0.3 is 5.73 Å². The second-order valence-corrected chi connectivity index (χ2v) is 4.82. The molecule has 5 nitrogen and oxygen atoms in total. The highest BCUT2D eigenvalue weighted by Gasteiger charge is 2.22. The first-order valence-corrected chi connectivity index (χ1v) is 5.24. The number of rotatable bonds is 1. The van der Waals surface area contributed by atoms with Crippen molar-refractivity contribution < 1.29 is 4.39 Å². The van der Waals surface area contributed by atoms with E-state index in [1.165, 1.54) is 18.2 Å². The van der Waals surface area contributed by atoms with Gasteiger partial charge in [0.05, 0.1) is 5.54 Å². The van der Waals surface area contributed by atoms with E-state index in [1.807, 2.05) is 20.8 Å². The molecule has 17 heavy (non-hydrogen) atoms. The fraction of sp³-hybridized carbons (Fsp3) is 0.364. The molecule has 0 spiro atoms. The molecule has 0 bridgehead atoms. The molecule has 6 heteroatoms. The van der Waals surface area contributed by atoms with Crippen molar-refractivity contribution in [2.45, 2.75) is 26.3 Å². The highest BCUT2D eigenvalue weighted by Crippen LogP contribution is 2.27. The van der Waals surface area contributed by atoms with Gasteiger partial charge in [-0.3, -0.25) is 0 Å². The van der Waals surface area contributed by atoms with Crippen LogP contribution in [0.1, 0.15) is 20.8 Å². The lowest BCUT2D eigenvalue weighted by Crippen LogP contribution is -2.24. The van der Waals surface area contributed by atoms with Gasteiger partial charge in [0.25, 0.3) is 0 Å². The molecule has 0 amide bonds. The Hall–Kier alpha value is -1.98. The molecular formula is C11H14FN5. The summed E-state index contributed by atoms with van der Waals surface area (Å²) in [5, 5.41) is 11.4. The molecule has 1 aromatic carbocycles. The minimum Gasteiger partial charge on any atom is -0.398 e. The first-order chi connectivity index (χ1) is 7.89. The Balaban J connectivity index is 2.61. The zero-order valence-corrected chi connectivity index (χ0v) is 9.98. The smallest absolute Gasteiger partial charge is 0.184 e. The van der Waals surface area contributed by atoms with Crippen LogP contribution in [0.15, 0.2) is 18.2 Å². The maximum atomic E-state index is 13.2. The van der Waals surface area contributed by atoms with Crippen molar-refractivity contribution >= 4 is 5.69 Å². The Morgan fingerprint density at radius 1 is 1.29 bits per heavy atom. The number of halogens is 1. The van der Waals surface area contributed by atoms with E-state index >= 15 is 0 Å². The highest BCUT2D eigenvalue weighted by atomic mass is 19.1. The van der Waals surface area contributed by atoms with Crippen LogP contribution < -0.4 is 5.73 Å². The predicted octanol–water partition coefficient (Wildman–Crippen LogP) is 1.82. The number of nitrogens with zero attached hydrogens (tertiary/aromatic N) is 4.